The number of phenolic OH excluding ortho intramolecular Hbond substituents is 5. The molecule has 3 heterocycles. The lowest BCUT2D eigenvalue weighted by Crippen LogP contribution is -2.30. The van der Waals surface area contributed by atoms with E-state index in [2.05, 4.69) is 0 Å². The highest BCUT2D eigenvalue weighted by atomic mass is 16.5. The van der Waals surface area contributed by atoms with Crippen LogP contribution in [0, 0.1) is 0 Å². The number of Topliss-reactive ketones (excluding diaryl/α,β-unsaturated/α-hetero) is 1. The summed E-state index contributed by atoms with van der Waals surface area (Å²) in [5.74, 6) is -2.40. The monoisotopic (exact) mass is 453 g/mol. The van der Waals surface area contributed by atoms with Gasteiger partial charge < -0.3 is 39.9 Å². The Morgan fingerprint density at radius 1 is 1.00 bits per heavy atom. The molecule has 0 spiro atoms. The fraction of sp³-hybridized carbons (Fsp3) is 0.292. The molecule has 33 heavy (non-hydrogen) atoms. The van der Waals surface area contributed by atoms with Gasteiger partial charge in [0.05, 0.1) is 29.8 Å². The number of ether oxygens (including phenoxy) is 1. The zero-order valence-corrected chi connectivity index (χ0v) is 17.7. The van der Waals surface area contributed by atoms with Crippen molar-refractivity contribution < 1.29 is 40.2 Å². The van der Waals surface area contributed by atoms with E-state index in [0.29, 0.717) is 12.1 Å². The Morgan fingerprint density at radius 2 is 1.70 bits per heavy atom. The molecule has 0 amide bonds. The first-order valence-corrected chi connectivity index (χ1v) is 10.6. The second kappa shape index (κ2) is 7.35. The Morgan fingerprint density at radius 3 is 2.36 bits per heavy atom. The molecule has 0 aliphatic carbocycles. The van der Waals surface area contributed by atoms with Crippen LogP contribution in [0.2, 0.25) is 0 Å². The molecule has 6 N–H and O–H groups in total. The molecule has 1 unspecified atom stereocenters. The Kier molecular flexibility index (Phi) is 4.68. The van der Waals surface area contributed by atoms with E-state index in [1.165, 1.54) is 6.07 Å². The summed E-state index contributed by atoms with van der Waals surface area (Å²) in [6.07, 6.45) is -1.62. The topological polar surface area (TPSA) is 153 Å². The third kappa shape index (κ3) is 3.07. The van der Waals surface area contributed by atoms with E-state index >= 15 is 0 Å². The number of carbonyl (C=O) groups excluding carboxylic acids is 1. The van der Waals surface area contributed by atoms with Crippen molar-refractivity contribution >= 4 is 5.78 Å². The first-order valence-electron chi connectivity index (χ1n) is 10.6. The number of aliphatic hydroxyl groups excluding tert-OH is 1. The number of carbonyl (C=O) groups is 1. The van der Waals surface area contributed by atoms with Crippen LogP contribution in [0.1, 0.15) is 42.2 Å². The van der Waals surface area contributed by atoms with Crippen molar-refractivity contribution in [1.82, 2.24) is 4.57 Å². The number of ketones is 1. The third-order valence-electron chi connectivity index (χ3n) is 6.51. The maximum absolute atomic E-state index is 12.5. The van der Waals surface area contributed by atoms with Crippen LogP contribution < -0.4 is 4.74 Å². The van der Waals surface area contributed by atoms with E-state index in [0.717, 1.165) is 17.8 Å². The number of nitrogens with zero attached hydrogens (tertiary/aromatic N) is 1. The first-order chi connectivity index (χ1) is 15.7. The number of fused-ring (bicyclic) bond motifs is 2. The minimum atomic E-state index is -1.16. The quantitative estimate of drug-likeness (QED) is 0.331. The van der Waals surface area contributed by atoms with Crippen molar-refractivity contribution in [2.45, 2.75) is 44.4 Å². The number of aliphatic hydroxyl groups is 1. The summed E-state index contributed by atoms with van der Waals surface area (Å²) in [6.45, 7) is 2.08. The van der Waals surface area contributed by atoms with Crippen LogP contribution in [-0.2, 0) is 17.8 Å². The van der Waals surface area contributed by atoms with Gasteiger partial charge in [0, 0.05) is 29.3 Å². The van der Waals surface area contributed by atoms with Crippen molar-refractivity contribution in [1.29, 1.82) is 0 Å². The van der Waals surface area contributed by atoms with Gasteiger partial charge in [-0.05, 0) is 30.7 Å². The van der Waals surface area contributed by atoms with Gasteiger partial charge in [-0.2, -0.15) is 0 Å². The van der Waals surface area contributed by atoms with Crippen molar-refractivity contribution in [3.8, 4) is 45.8 Å². The third-order valence-corrected chi connectivity index (χ3v) is 6.51. The Labute approximate surface area is 188 Å². The fourth-order valence-electron chi connectivity index (χ4n) is 4.90. The molecular weight excluding hydrogens is 430 g/mol. The van der Waals surface area contributed by atoms with E-state index in [1.807, 2.05) is 17.6 Å². The average molecular weight is 453 g/mol. The second-order valence-electron chi connectivity index (χ2n) is 8.47. The van der Waals surface area contributed by atoms with E-state index in [9.17, 15) is 35.4 Å². The first kappa shape index (κ1) is 21.0. The standard InChI is InChI=1S/C24H23NO8/c1-2-11-13-3-4-14(25(13)9-20(11)31)21-16(27)8-15(26)12-7-19(30)23(33-24(12)21)10-5-17(28)22(32)18(29)6-10/h3-6,8,11,19,23,26-30,32H,2,7,9H2,1H3/t11?,19-,23-/m1/s1. The Balaban J connectivity index is 1.66. The number of aromatic hydroxyl groups is 5. The van der Waals surface area contributed by atoms with Crippen LogP contribution in [0.3, 0.4) is 0 Å². The average Bonchev–Trinajstić information content (AvgIpc) is 3.29. The van der Waals surface area contributed by atoms with Crippen molar-refractivity contribution in [2.24, 2.45) is 0 Å². The van der Waals surface area contributed by atoms with Gasteiger partial charge in [0.2, 0.25) is 0 Å². The Hall–Kier alpha value is -3.85. The summed E-state index contributed by atoms with van der Waals surface area (Å²) in [5, 5.41) is 61.4. The van der Waals surface area contributed by atoms with Crippen molar-refractivity contribution in [3.05, 3.63) is 47.2 Å². The zero-order chi connectivity index (χ0) is 23.6. The van der Waals surface area contributed by atoms with E-state index in [4.69, 9.17) is 4.74 Å². The minimum Gasteiger partial charge on any atom is -0.507 e. The summed E-state index contributed by atoms with van der Waals surface area (Å²) in [6, 6.07) is 7.11. The molecule has 172 valence electrons. The maximum atomic E-state index is 12.5. The molecule has 2 aliphatic heterocycles. The highest BCUT2D eigenvalue weighted by Crippen LogP contribution is 2.51. The van der Waals surface area contributed by atoms with Crippen LogP contribution in [0.5, 0.6) is 34.5 Å². The normalized spacial score (nSPS) is 21.5. The maximum Gasteiger partial charge on any atom is 0.200 e. The van der Waals surface area contributed by atoms with Gasteiger partial charge in [0.25, 0.3) is 0 Å². The molecule has 0 saturated heterocycles. The summed E-state index contributed by atoms with van der Waals surface area (Å²) in [5.41, 5.74) is 2.11. The van der Waals surface area contributed by atoms with Gasteiger partial charge >= 0.3 is 0 Å². The van der Waals surface area contributed by atoms with E-state index in [1.54, 1.807) is 6.07 Å². The minimum absolute atomic E-state index is 0.0361. The molecule has 0 radical (unpaired) electrons. The van der Waals surface area contributed by atoms with Crippen LogP contribution in [0.4, 0.5) is 0 Å². The molecule has 5 rings (SSSR count). The number of rotatable bonds is 3. The SMILES string of the molecule is CCC1C(=O)Cn2c(-c3c(O)cc(O)c4c3O[C@H](c3cc(O)c(O)c(O)c3)[C@H](O)C4)ccc21. The molecule has 3 atom stereocenters. The fourth-order valence-corrected chi connectivity index (χ4v) is 4.90. The predicted octanol–water partition coefficient (Wildman–Crippen LogP) is 2.80. The molecule has 0 fully saturated rings. The summed E-state index contributed by atoms with van der Waals surface area (Å²) in [4.78, 5) is 12.5. The number of hydrogen-bond donors (Lipinski definition) is 6. The summed E-state index contributed by atoms with van der Waals surface area (Å²) >= 11 is 0. The van der Waals surface area contributed by atoms with Crippen molar-refractivity contribution in [3.63, 3.8) is 0 Å². The van der Waals surface area contributed by atoms with Crippen LogP contribution in [-0.4, -0.2) is 47.1 Å². The summed E-state index contributed by atoms with van der Waals surface area (Å²) < 4.78 is 7.87. The van der Waals surface area contributed by atoms with Gasteiger partial charge in [-0.25, -0.2) is 0 Å². The molecule has 0 bridgehead atoms. The van der Waals surface area contributed by atoms with Crippen molar-refractivity contribution in [2.75, 3.05) is 0 Å². The largest absolute Gasteiger partial charge is 0.507 e. The molecule has 2 aromatic carbocycles. The molecular formula is C24H23NO8. The molecule has 9 heteroatoms. The van der Waals surface area contributed by atoms with E-state index < -0.39 is 29.5 Å². The molecule has 3 aromatic rings. The molecule has 9 nitrogen and oxygen atoms in total. The van der Waals surface area contributed by atoms with E-state index in [-0.39, 0.29) is 58.6 Å². The van der Waals surface area contributed by atoms with Crippen LogP contribution in [0.15, 0.2) is 30.3 Å². The smallest absolute Gasteiger partial charge is 0.200 e. The van der Waals surface area contributed by atoms with Crippen LogP contribution >= 0.6 is 0 Å². The number of hydrogen-bond acceptors (Lipinski definition) is 8. The molecule has 0 saturated carbocycles. The van der Waals surface area contributed by atoms with Gasteiger partial charge in [0.1, 0.15) is 17.2 Å². The highest BCUT2D eigenvalue weighted by Gasteiger charge is 2.38. The number of aromatic nitrogens is 1. The second-order valence-corrected chi connectivity index (χ2v) is 8.47. The van der Waals surface area contributed by atoms with Crippen LogP contribution in [0.25, 0.3) is 11.3 Å². The van der Waals surface area contributed by atoms with Gasteiger partial charge in [0.15, 0.2) is 29.1 Å². The van der Waals surface area contributed by atoms with Gasteiger partial charge in [-0.15, -0.1) is 0 Å². The lowest BCUT2D eigenvalue weighted by atomic mass is 9.91. The number of phenols is 5. The number of benzene rings is 2. The predicted molar refractivity (Wildman–Crippen MR) is 116 cm³/mol. The van der Waals surface area contributed by atoms with Gasteiger partial charge in [-0.1, -0.05) is 6.92 Å². The summed E-state index contributed by atoms with van der Waals surface area (Å²) in [7, 11) is 0. The Bertz CT molecular complexity index is 1270. The molecule has 1 aromatic heterocycles. The highest BCUT2D eigenvalue weighted by molar-refractivity contribution is 5.90. The zero-order valence-electron chi connectivity index (χ0n) is 17.7. The van der Waals surface area contributed by atoms with Gasteiger partial charge in [-0.3, -0.25) is 4.79 Å². The lowest BCUT2D eigenvalue weighted by Gasteiger charge is -2.33. The molecule has 2 aliphatic rings. The lowest BCUT2D eigenvalue weighted by molar-refractivity contribution is -0.119.